The zero-order valence-corrected chi connectivity index (χ0v) is 13.6. The van der Waals surface area contributed by atoms with Crippen molar-refractivity contribution in [1.82, 2.24) is 19.3 Å². The van der Waals surface area contributed by atoms with E-state index in [0.717, 1.165) is 35.7 Å². The molecular formula is C14H21ClN4O2. The van der Waals surface area contributed by atoms with E-state index in [4.69, 9.17) is 26.1 Å². The molecule has 0 saturated carbocycles. The molecule has 1 fully saturated rings. The molecule has 0 bridgehead atoms. The number of fused-ring (bicyclic) bond motifs is 1. The van der Waals surface area contributed by atoms with Gasteiger partial charge in [-0.1, -0.05) is 0 Å². The average Bonchev–Trinajstić information content (AvgIpc) is 3.09. The molecule has 0 N–H and O–H groups in total. The first-order chi connectivity index (χ1) is 9.97. The molecule has 0 spiro atoms. The first-order valence-corrected chi connectivity index (χ1v) is 7.58. The van der Waals surface area contributed by atoms with Crippen molar-refractivity contribution in [2.24, 2.45) is 7.05 Å². The molecule has 2 aromatic heterocycles. The van der Waals surface area contributed by atoms with Crippen molar-refractivity contribution in [2.45, 2.75) is 37.8 Å². The highest BCUT2D eigenvalue weighted by Crippen LogP contribution is 2.31. The molecule has 1 aliphatic rings. The van der Waals surface area contributed by atoms with Crippen LogP contribution in [0, 0.1) is 6.92 Å². The second kappa shape index (κ2) is 5.26. The van der Waals surface area contributed by atoms with E-state index in [0.29, 0.717) is 13.2 Å². The summed E-state index contributed by atoms with van der Waals surface area (Å²) in [5.74, 6) is 0.853. The van der Waals surface area contributed by atoms with E-state index in [-0.39, 0.29) is 11.0 Å². The minimum absolute atomic E-state index is 0.173. The van der Waals surface area contributed by atoms with Gasteiger partial charge in [-0.25, -0.2) is 4.98 Å². The van der Waals surface area contributed by atoms with Crippen LogP contribution in [-0.4, -0.2) is 45.3 Å². The van der Waals surface area contributed by atoms with Crippen LogP contribution in [0.1, 0.15) is 30.2 Å². The van der Waals surface area contributed by atoms with Crippen LogP contribution in [0.4, 0.5) is 0 Å². The maximum absolute atomic E-state index is 6.33. The summed E-state index contributed by atoms with van der Waals surface area (Å²) in [6, 6.07) is 0. The number of aryl methyl sites for hydroxylation is 2. The molecule has 0 aliphatic carbocycles. The molecule has 3 heterocycles. The summed E-state index contributed by atoms with van der Waals surface area (Å²) >= 11 is 6.33. The molecule has 21 heavy (non-hydrogen) atoms. The van der Waals surface area contributed by atoms with Crippen LogP contribution in [0.5, 0.6) is 0 Å². The zero-order valence-electron chi connectivity index (χ0n) is 12.9. The fraction of sp³-hybridized carbons (Fsp3) is 0.714. The van der Waals surface area contributed by atoms with E-state index < -0.39 is 0 Å². The van der Waals surface area contributed by atoms with Crippen LogP contribution in [0.2, 0.25) is 0 Å². The summed E-state index contributed by atoms with van der Waals surface area (Å²) in [4.78, 5) is 4.69. The topological polar surface area (TPSA) is 54.1 Å². The minimum Gasteiger partial charge on any atom is -0.378 e. The monoisotopic (exact) mass is 312 g/mol. The Morgan fingerprint density at radius 1 is 1.52 bits per heavy atom. The number of nitrogens with zero attached hydrogens (tertiary/aromatic N) is 4. The number of imidazole rings is 1. The largest absolute Gasteiger partial charge is 0.378 e. The molecule has 2 aromatic rings. The number of hydrogen-bond donors (Lipinski definition) is 0. The van der Waals surface area contributed by atoms with E-state index in [1.807, 2.05) is 25.6 Å². The molecular weight excluding hydrogens is 292 g/mol. The number of alkyl halides is 1. The molecule has 0 radical (unpaired) electrons. The van der Waals surface area contributed by atoms with Crippen LogP contribution in [0.3, 0.4) is 0 Å². The predicted octanol–water partition coefficient (Wildman–Crippen LogP) is 2.18. The lowest BCUT2D eigenvalue weighted by Gasteiger charge is -2.27. The number of aromatic nitrogens is 4. The van der Waals surface area contributed by atoms with Crippen molar-refractivity contribution in [1.29, 1.82) is 0 Å². The van der Waals surface area contributed by atoms with E-state index in [1.165, 1.54) is 0 Å². The lowest BCUT2D eigenvalue weighted by atomic mass is 10.0. The predicted molar refractivity (Wildman–Crippen MR) is 80.7 cm³/mol. The normalized spacial score (nSPS) is 24.0. The Kier molecular flexibility index (Phi) is 3.71. The van der Waals surface area contributed by atoms with Crippen molar-refractivity contribution in [3.63, 3.8) is 0 Å². The summed E-state index contributed by atoms with van der Waals surface area (Å²) in [5, 5.41) is 4.28. The fourth-order valence-corrected chi connectivity index (χ4v) is 3.20. The first-order valence-electron chi connectivity index (χ1n) is 7.14. The third-order valence-corrected chi connectivity index (χ3v) is 4.42. The smallest absolute Gasteiger partial charge is 0.158 e. The Labute approximate surface area is 129 Å². The van der Waals surface area contributed by atoms with Gasteiger partial charge in [-0.05, 0) is 13.8 Å². The standard InChI is InChI=1S/C14H21ClN4O2/c1-9(15)12-16-11-10(2)17-18(3)13(11)19(12)7-14(20-4)5-6-21-8-14/h9H,5-8H2,1-4H3. The molecule has 1 saturated heterocycles. The van der Waals surface area contributed by atoms with Gasteiger partial charge in [-0.3, -0.25) is 4.68 Å². The lowest BCUT2D eigenvalue weighted by molar-refractivity contribution is -0.0294. The number of methoxy groups -OCH3 is 1. The van der Waals surface area contributed by atoms with Crippen molar-refractivity contribution < 1.29 is 9.47 Å². The molecule has 116 valence electrons. The third kappa shape index (κ3) is 2.35. The fourth-order valence-electron chi connectivity index (χ4n) is 3.04. The number of rotatable bonds is 4. The summed E-state index contributed by atoms with van der Waals surface area (Å²) in [6.45, 7) is 5.89. The van der Waals surface area contributed by atoms with Gasteiger partial charge in [0.05, 0.1) is 24.2 Å². The van der Waals surface area contributed by atoms with Crippen LogP contribution < -0.4 is 0 Å². The Balaban J connectivity index is 2.13. The Bertz CT molecular complexity index is 656. The van der Waals surface area contributed by atoms with Gasteiger partial charge in [0.2, 0.25) is 0 Å². The molecule has 3 rings (SSSR count). The summed E-state index contributed by atoms with van der Waals surface area (Å²) in [7, 11) is 3.67. The van der Waals surface area contributed by atoms with E-state index in [1.54, 1.807) is 7.11 Å². The SMILES string of the molecule is COC1(Cn2c(C(C)Cl)nc3c(C)nn(C)c32)CCOC1. The molecule has 2 unspecified atom stereocenters. The van der Waals surface area contributed by atoms with E-state index in [9.17, 15) is 0 Å². The van der Waals surface area contributed by atoms with Gasteiger partial charge in [0, 0.05) is 27.2 Å². The highest BCUT2D eigenvalue weighted by Gasteiger charge is 2.37. The number of hydrogen-bond acceptors (Lipinski definition) is 4. The van der Waals surface area contributed by atoms with Gasteiger partial charge in [-0.15, -0.1) is 11.6 Å². The second-order valence-corrected chi connectivity index (χ2v) is 6.40. The van der Waals surface area contributed by atoms with Crippen molar-refractivity contribution >= 4 is 22.8 Å². The highest BCUT2D eigenvalue weighted by molar-refractivity contribution is 6.20. The minimum atomic E-state index is -0.313. The van der Waals surface area contributed by atoms with Crippen LogP contribution >= 0.6 is 11.6 Å². The molecule has 2 atom stereocenters. The van der Waals surface area contributed by atoms with Gasteiger partial charge in [-0.2, -0.15) is 5.10 Å². The second-order valence-electron chi connectivity index (χ2n) is 5.74. The van der Waals surface area contributed by atoms with Crippen LogP contribution in [0.15, 0.2) is 0 Å². The van der Waals surface area contributed by atoms with Gasteiger partial charge in [0.15, 0.2) is 5.65 Å². The van der Waals surface area contributed by atoms with Gasteiger partial charge in [0.25, 0.3) is 0 Å². The Morgan fingerprint density at radius 3 is 2.86 bits per heavy atom. The Hall–Kier alpha value is -1.11. The highest BCUT2D eigenvalue weighted by atomic mass is 35.5. The van der Waals surface area contributed by atoms with Gasteiger partial charge in [0.1, 0.15) is 16.9 Å². The zero-order chi connectivity index (χ0) is 15.2. The van der Waals surface area contributed by atoms with Crippen molar-refractivity contribution in [2.75, 3.05) is 20.3 Å². The maximum atomic E-state index is 6.33. The Morgan fingerprint density at radius 2 is 2.29 bits per heavy atom. The third-order valence-electron chi connectivity index (χ3n) is 4.22. The number of halogens is 1. The molecule has 6 nitrogen and oxygen atoms in total. The lowest BCUT2D eigenvalue weighted by Crippen LogP contribution is -2.37. The van der Waals surface area contributed by atoms with E-state index >= 15 is 0 Å². The maximum Gasteiger partial charge on any atom is 0.158 e. The summed E-state index contributed by atoms with van der Waals surface area (Å²) < 4.78 is 15.3. The molecule has 1 aliphatic heterocycles. The van der Waals surface area contributed by atoms with Crippen molar-refractivity contribution in [3.8, 4) is 0 Å². The molecule has 7 heteroatoms. The van der Waals surface area contributed by atoms with Crippen molar-refractivity contribution in [3.05, 3.63) is 11.5 Å². The molecule has 0 amide bonds. The summed E-state index contributed by atoms with van der Waals surface area (Å²) in [6.07, 6.45) is 0.871. The number of ether oxygens (including phenoxy) is 2. The van der Waals surface area contributed by atoms with Gasteiger partial charge >= 0.3 is 0 Å². The van der Waals surface area contributed by atoms with Crippen LogP contribution in [-0.2, 0) is 23.1 Å². The quantitative estimate of drug-likeness (QED) is 0.812. The van der Waals surface area contributed by atoms with E-state index in [2.05, 4.69) is 9.67 Å². The molecule has 0 aromatic carbocycles. The van der Waals surface area contributed by atoms with Gasteiger partial charge < -0.3 is 14.0 Å². The van der Waals surface area contributed by atoms with Crippen LogP contribution in [0.25, 0.3) is 11.2 Å². The average molecular weight is 313 g/mol. The first kappa shape index (κ1) is 14.8. The summed E-state index contributed by atoms with van der Waals surface area (Å²) in [5.41, 5.74) is 2.49.